The summed E-state index contributed by atoms with van der Waals surface area (Å²) in [5.74, 6) is 0.908. The molecule has 4 heterocycles. The molecule has 0 unspecified atom stereocenters. The van der Waals surface area contributed by atoms with Crippen molar-refractivity contribution < 1.29 is 9.53 Å². The first-order valence-electron chi connectivity index (χ1n) is 11.4. The number of rotatable bonds is 5. The van der Waals surface area contributed by atoms with Gasteiger partial charge >= 0.3 is 6.09 Å². The van der Waals surface area contributed by atoms with Crippen LogP contribution in [-0.4, -0.2) is 69.4 Å². The minimum absolute atomic E-state index is 0.197. The Kier molecular flexibility index (Phi) is 5.90. The Morgan fingerprint density at radius 3 is 2.78 bits per heavy atom. The van der Waals surface area contributed by atoms with E-state index < -0.39 is 5.60 Å². The molecule has 2 saturated heterocycles. The van der Waals surface area contributed by atoms with E-state index in [0.29, 0.717) is 72.4 Å². The number of piperidine rings is 1. The minimum Gasteiger partial charge on any atom is -0.441 e. The number of amides is 1. The van der Waals surface area contributed by atoms with Crippen LogP contribution >= 0.6 is 11.6 Å². The molecule has 0 saturated carbocycles. The Labute approximate surface area is 212 Å². The second-order valence-corrected chi connectivity index (χ2v) is 9.14. The van der Waals surface area contributed by atoms with Gasteiger partial charge in [-0.15, -0.1) is 4.52 Å². The molecule has 2 aliphatic heterocycles. The summed E-state index contributed by atoms with van der Waals surface area (Å²) in [6, 6.07) is 5.57. The summed E-state index contributed by atoms with van der Waals surface area (Å²) in [5, 5.41) is 20.8. The zero-order valence-electron chi connectivity index (χ0n) is 19.7. The first-order chi connectivity index (χ1) is 17.4. The SMILES string of the molecule is [C-]#[N+]c1cnc2c(NCC)nc(Nc3cc(C#N)cc(N4CCC5(CC4)CN(C)C(=O)O5)c3Cl)nn12. The number of anilines is 4. The first-order valence-corrected chi connectivity index (χ1v) is 11.8. The number of nitriles is 1. The van der Waals surface area contributed by atoms with Crippen molar-refractivity contribution in [1.29, 1.82) is 5.26 Å². The minimum atomic E-state index is -0.486. The monoisotopic (exact) mass is 506 g/mol. The zero-order valence-corrected chi connectivity index (χ0v) is 20.5. The lowest BCUT2D eigenvalue weighted by atomic mass is 9.91. The Bertz CT molecular complexity index is 1430. The molecule has 1 spiro atoms. The number of carbonyl (C=O) groups excluding carboxylic acids is 1. The number of ether oxygens (including phenoxy) is 1. The molecule has 0 bridgehead atoms. The number of halogens is 1. The molecule has 5 rings (SSSR count). The van der Waals surface area contributed by atoms with Crippen LogP contribution in [0.1, 0.15) is 25.3 Å². The number of hydrogen-bond donors (Lipinski definition) is 2. The molecule has 0 radical (unpaired) electrons. The van der Waals surface area contributed by atoms with Crippen LogP contribution in [-0.2, 0) is 4.74 Å². The average molecular weight is 507 g/mol. The van der Waals surface area contributed by atoms with Crippen molar-refractivity contribution in [3.05, 3.63) is 40.3 Å². The van der Waals surface area contributed by atoms with Crippen LogP contribution in [0.2, 0.25) is 5.02 Å². The predicted molar refractivity (Wildman–Crippen MR) is 134 cm³/mol. The third-order valence-corrected chi connectivity index (χ3v) is 6.79. The van der Waals surface area contributed by atoms with Crippen LogP contribution in [0.4, 0.5) is 33.8 Å². The van der Waals surface area contributed by atoms with Gasteiger partial charge in [0.05, 0.1) is 40.8 Å². The van der Waals surface area contributed by atoms with Crippen molar-refractivity contribution >= 4 is 52.3 Å². The van der Waals surface area contributed by atoms with Gasteiger partial charge in [-0.25, -0.2) is 9.78 Å². The van der Waals surface area contributed by atoms with Gasteiger partial charge in [0.15, 0.2) is 5.82 Å². The molecule has 3 aromatic rings. The highest BCUT2D eigenvalue weighted by Crippen LogP contribution is 2.40. The van der Waals surface area contributed by atoms with Crippen molar-refractivity contribution in [2.24, 2.45) is 0 Å². The van der Waals surface area contributed by atoms with Gasteiger partial charge < -0.3 is 30.0 Å². The lowest BCUT2D eigenvalue weighted by molar-refractivity contribution is 0.0367. The molecule has 184 valence electrons. The Hall–Kier alpha value is -4.29. The first kappa shape index (κ1) is 23.5. The molecule has 2 fully saturated rings. The molecule has 36 heavy (non-hydrogen) atoms. The van der Waals surface area contributed by atoms with Gasteiger partial charge in [0, 0.05) is 39.5 Å². The third kappa shape index (κ3) is 4.06. The topological polar surface area (TPSA) is 128 Å². The van der Waals surface area contributed by atoms with Crippen molar-refractivity contribution in [2.45, 2.75) is 25.4 Å². The van der Waals surface area contributed by atoms with Gasteiger partial charge in [-0.2, -0.15) is 10.2 Å². The fourth-order valence-corrected chi connectivity index (χ4v) is 4.88. The van der Waals surface area contributed by atoms with Gasteiger partial charge in [-0.3, -0.25) is 0 Å². The molecule has 0 aliphatic carbocycles. The molecular weight excluding hydrogens is 484 g/mol. The Morgan fingerprint density at radius 2 is 2.14 bits per heavy atom. The van der Waals surface area contributed by atoms with E-state index in [1.54, 1.807) is 24.1 Å². The third-order valence-electron chi connectivity index (χ3n) is 6.39. The van der Waals surface area contributed by atoms with E-state index >= 15 is 0 Å². The van der Waals surface area contributed by atoms with Crippen molar-refractivity contribution in [1.82, 2.24) is 24.5 Å². The highest BCUT2D eigenvalue weighted by atomic mass is 35.5. The van der Waals surface area contributed by atoms with Crippen LogP contribution in [0.15, 0.2) is 18.3 Å². The zero-order chi connectivity index (χ0) is 25.4. The number of nitrogens with zero attached hydrogens (tertiary/aromatic N) is 8. The van der Waals surface area contributed by atoms with Crippen molar-refractivity contribution in [3.8, 4) is 6.07 Å². The number of imidazole rings is 1. The molecule has 1 amide bonds. The lowest BCUT2D eigenvalue weighted by Crippen LogP contribution is -2.46. The maximum Gasteiger partial charge on any atom is 0.410 e. The van der Waals surface area contributed by atoms with E-state index in [1.807, 2.05) is 6.92 Å². The molecular formula is C23H23ClN10O2. The number of fused-ring (bicyclic) bond motifs is 1. The number of aromatic nitrogens is 4. The summed E-state index contributed by atoms with van der Waals surface area (Å²) in [5.41, 5.74) is 1.53. The smallest absolute Gasteiger partial charge is 0.410 e. The number of nitrogens with one attached hydrogen (secondary N) is 2. The summed E-state index contributed by atoms with van der Waals surface area (Å²) < 4.78 is 7.06. The van der Waals surface area contributed by atoms with Gasteiger partial charge in [-0.05, 0) is 19.1 Å². The highest BCUT2D eigenvalue weighted by molar-refractivity contribution is 6.36. The molecule has 12 nitrogen and oxygen atoms in total. The lowest BCUT2D eigenvalue weighted by Gasteiger charge is -2.39. The van der Waals surface area contributed by atoms with Gasteiger partial charge in [0.2, 0.25) is 0 Å². The van der Waals surface area contributed by atoms with E-state index in [0.717, 1.165) is 0 Å². The van der Waals surface area contributed by atoms with Crippen LogP contribution in [0.5, 0.6) is 0 Å². The summed E-state index contributed by atoms with van der Waals surface area (Å²) >= 11 is 6.83. The predicted octanol–water partition coefficient (Wildman–Crippen LogP) is 3.80. The fourth-order valence-electron chi connectivity index (χ4n) is 4.61. The molecule has 0 atom stereocenters. The molecule has 2 aliphatic rings. The van der Waals surface area contributed by atoms with Gasteiger partial charge in [-0.1, -0.05) is 23.3 Å². The van der Waals surface area contributed by atoms with Gasteiger partial charge in [0.1, 0.15) is 5.60 Å². The summed E-state index contributed by atoms with van der Waals surface area (Å²) in [6.45, 7) is 11.7. The van der Waals surface area contributed by atoms with E-state index in [4.69, 9.17) is 22.9 Å². The standard InChI is InChI=1S/C23H23ClN10O2/c1-4-27-19-20-28-12-17(26-2)34(20)31-21(30-19)29-15-9-14(11-25)10-16(18(15)24)33-7-5-23(6-8-33)13-32(3)22(35)36-23/h9-10,12H,4-8,13H2,1,3H3,(H2,27,29,30,31). The summed E-state index contributed by atoms with van der Waals surface area (Å²) in [4.78, 5) is 27.8. The molecule has 1 aromatic carbocycles. The van der Waals surface area contributed by atoms with E-state index in [9.17, 15) is 10.1 Å². The average Bonchev–Trinajstić information content (AvgIpc) is 3.41. The molecule has 13 heteroatoms. The van der Waals surface area contributed by atoms with E-state index in [2.05, 4.69) is 41.5 Å². The maximum absolute atomic E-state index is 11.9. The summed E-state index contributed by atoms with van der Waals surface area (Å²) in [7, 11) is 1.74. The van der Waals surface area contributed by atoms with E-state index in [-0.39, 0.29) is 17.9 Å². The number of hydrogen-bond acceptors (Lipinski definition) is 9. The maximum atomic E-state index is 11.9. The van der Waals surface area contributed by atoms with Crippen molar-refractivity contribution in [2.75, 3.05) is 48.8 Å². The highest BCUT2D eigenvalue weighted by Gasteiger charge is 2.45. The molecule has 2 aromatic heterocycles. The van der Waals surface area contributed by atoms with Crippen LogP contribution in [0.25, 0.3) is 10.5 Å². The van der Waals surface area contributed by atoms with E-state index in [1.165, 1.54) is 10.7 Å². The van der Waals surface area contributed by atoms with Crippen molar-refractivity contribution in [3.63, 3.8) is 0 Å². The number of carbonyl (C=O) groups is 1. The number of likely N-dealkylation sites (N-methyl/N-ethyl adjacent to an activating group) is 1. The largest absolute Gasteiger partial charge is 0.441 e. The van der Waals surface area contributed by atoms with Crippen LogP contribution in [0.3, 0.4) is 0 Å². The summed E-state index contributed by atoms with van der Waals surface area (Å²) in [6.07, 6.45) is 2.45. The van der Waals surface area contributed by atoms with Gasteiger partial charge in [0.25, 0.3) is 17.4 Å². The second-order valence-electron chi connectivity index (χ2n) is 8.77. The molecule has 2 N–H and O–H groups in total. The Morgan fingerprint density at radius 1 is 1.36 bits per heavy atom. The second kappa shape index (κ2) is 9.06. The quantitative estimate of drug-likeness (QED) is 0.496. The number of benzene rings is 1. The normalized spacial score (nSPS) is 16.6. The van der Waals surface area contributed by atoms with Crippen LogP contribution < -0.4 is 15.5 Å². The fraction of sp³-hybridized carbons (Fsp3) is 0.391. The Balaban J connectivity index is 1.46. The van der Waals surface area contributed by atoms with Crippen LogP contribution in [0, 0.1) is 17.9 Å².